The normalized spacial score (nSPS) is 11.3. The van der Waals surface area contributed by atoms with Crippen molar-refractivity contribution in [1.82, 2.24) is 0 Å². The number of nitriles is 1. The van der Waals surface area contributed by atoms with E-state index in [4.69, 9.17) is 5.26 Å². The van der Waals surface area contributed by atoms with Crippen LogP contribution in [0.4, 0.5) is 0 Å². The van der Waals surface area contributed by atoms with Crippen LogP contribution in [0.2, 0.25) is 0 Å². The van der Waals surface area contributed by atoms with E-state index < -0.39 is 0 Å². The monoisotopic (exact) mass is 357 g/mol. The third-order valence-corrected chi connectivity index (χ3v) is 5.34. The Kier molecular flexibility index (Phi) is 11.8. The lowest BCUT2D eigenvalue weighted by Crippen LogP contribution is -1.97. The maximum absolute atomic E-state index is 12.5. The summed E-state index contributed by atoms with van der Waals surface area (Å²) in [5.74, 6) is 1.13. The maximum Gasteiger partial charge on any atom is 0.186 e. The highest BCUT2D eigenvalue weighted by Crippen LogP contribution is 2.25. The van der Waals surface area contributed by atoms with E-state index in [1.165, 1.54) is 49.9 Å². The fourth-order valence-corrected chi connectivity index (χ4v) is 3.73. The molecule has 0 aromatic heterocycles. The first-order valence-electron chi connectivity index (χ1n) is 9.59. The number of carbonyl (C=O) groups is 1. The molecular weight excluding hydrogens is 326 g/mol. The van der Waals surface area contributed by atoms with Crippen LogP contribution in [0.3, 0.4) is 0 Å². The molecule has 0 aliphatic carbocycles. The second-order valence-corrected chi connectivity index (χ2v) is 7.61. The van der Waals surface area contributed by atoms with Gasteiger partial charge in [0.05, 0.1) is 11.6 Å². The summed E-state index contributed by atoms with van der Waals surface area (Å²) in [5.41, 5.74) is 1.25. The lowest BCUT2D eigenvalue weighted by molar-refractivity contribution is 0.104. The first kappa shape index (κ1) is 21.5. The van der Waals surface area contributed by atoms with Crippen molar-refractivity contribution in [2.24, 2.45) is 0 Å². The van der Waals surface area contributed by atoms with E-state index in [2.05, 4.69) is 19.9 Å². The molecule has 0 fully saturated rings. The van der Waals surface area contributed by atoms with E-state index in [1.54, 1.807) is 24.3 Å². The number of benzene rings is 1. The first-order chi connectivity index (χ1) is 12.2. The third-order valence-electron chi connectivity index (χ3n) is 4.15. The van der Waals surface area contributed by atoms with Crippen molar-refractivity contribution < 1.29 is 4.79 Å². The standard InChI is InChI=1S/C22H31NOS/c1-3-5-7-8-9-10-11-21(25-16-6-4-2)17-22(24)20-14-12-19(18-23)13-15-20/h12-15,17H,3-11,16H2,1-2H3/b21-17+. The Labute approximate surface area is 157 Å². The quantitative estimate of drug-likeness (QED) is 0.219. The van der Waals surface area contributed by atoms with Crippen LogP contribution in [0.5, 0.6) is 0 Å². The van der Waals surface area contributed by atoms with Crippen LogP contribution in [-0.4, -0.2) is 11.5 Å². The highest BCUT2D eigenvalue weighted by molar-refractivity contribution is 8.03. The topological polar surface area (TPSA) is 40.9 Å². The van der Waals surface area contributed by atoms with E-state index in [1.807, 2.05) is 17.8 Å². The zero-order chi connectivity index (χ0) is 18.3. The third kappa shape index (κ3) is 9.51. The van der Waals surface area contributed by atoms with Gasteiger partial charge in [0.1, 0.15) is 0 Å². The van der Waals surface area contributed by atoms with Gasteiger partial charge in [-0.3, -0.25) is 4.79 Å². The summed E-state index contributed by atoms with van der Waals surface area (Å²) in [4.78, 5) is 13.7. The number of carbonyl (C=O) groups excluding carboxylic acids is 1. The van der Waals surface area contributed by atoms with Crippen molar-refractivity contribution in [3.63, 3.8) is 0 Å². The highest BCUT2D eigenvalue weighted by Gasteiger charge is 2.07. The van der Waals surface area contributed by atoms with Crippen LogP contribution < -0.4 is 0 Å². The fraction of sp³-hybridized carbons (Fsp3) is 0.545. The van der Waals surface area contributed by atoms with Crippen LogP contribution in [-0.2, 0) is 0 Å². The summed E-state index contributed by atoms with van der Waals surface area (Å²) in [6.07, 6.45) is 12.8. The second kappa shape index (κ2) is 13.7. The van der Waals surface area contributed by atoms with Gasteiger partial charge in [-0.15, -0.1) is 11.8 Å². The molecule has 25 heavy (non-hydrogen) atoms. The molecule has 1 aromatic rings. The molecular formula is C22H31NOS. The number of hydrogen-bond acceptors (Lipinski definition) is 3. The predicted octanol–water partition coefficient (Wildman–Crippen LogP) is 6.91. The molecule has 1 rings (SSSR count). The Morgan fingerprint density at radius 2 is 1.64 bits per heavy atom. The van der Waals surface area contributed by atoms with Crippen molar-refractivity contribution in [2.75, 3.05) is 5.75 Å². The molecule has 1 aromatic carbocycles. The van der Waals surface area contributed by atoms with Gasteiger partial charge in [-0.2, -0.15) is 5.26 Å². The molecule has 0 spiro atoms. The molecule has 2 nitrogen and oxygen atoms in total. The van der Waals surface area contributed by atoms with Gasteiger partial charge in [-0.25, -0.2) is 0 Å². The molecule has 0 saturated carbocycles. The van der Waals surface area contributed by atoms with Gasteiger partial charge in [-0.1, -0.05) is 52.4 Å². The minimum absolute atomic E-state index is 0.0504. The van der Waals surface area contributed by atoms with Crippen LogP contribution >= 0.6 is 11.8 Å². The van der Waals surface area contributed by atoms with Crippen molar-refractivity contribution in [3.8, 4) is 6.07 Å². The molecule has 0 radical (unpaired) electrons. The summed E-state index contributed by atoms with van der Waals surface area (Å²) >= 11 is 1.83. The van der Waals surface area contributed by atoms with Gasteiger partial charge in [0.2, 0.25) is 0 Å². The van der Waals surface area contributed by atoms with Crippen molar-refractivity contribution in [2.45, 2.75) is 71.6 Å². The van der Waals surface area contributed by atoms with E-state index >= 15 is 0 Å². The van der Waals surface area contributed by atoms with E-state index in [9.17, 15) is 4.79 Å². The lowest BCUT2D eigenvalue weighted by Gasteiger charge is -2.07. The highest BCUT2D eigenvalue weighted by atomic mass is 32.2. The van der Waals surface area contributed by atoms with Gasteiger partial charge in [0.15, 0.2) is 5.78 Å². The van der Waals surface area contributed by atoms with Crippen LogP contribution in [0.1, 0.15) is 87.6 Å². The van der Waals surface area contributed by atoms with E-state index in [0.29, 0.717) is 11.1 Å². The minimum atomic E-state index is 0.0504. The van der Waals surface area contributed by atoms with Gasteiger partial charge in [0.25, 0.3) is 0 Å². The fourth-order valence-electron chi connectivity index (χ4n) is 2.55. The van der Waals surface area contributed by atoms with E-state index in [0.717, 1.165) is 18.6 Å². The van der Waals surface area contributed by atoms with Gasteiger partial charge in [-0.05, 0) is 60.3 Å². The Morgan fingerprint density at radius 3 is 2.28 bits per heavy atom. The number of hydrogen-bond donors (Lipinski definition) is 0. The Bertz CT molecular complexity index is 569. The number of allylic oxidation sites excluding steroid dienone is 2. The first-order valence-corrected chi connectivity index (χ1v) is 10.6. The average Bonchev–Trinajstić information content (AvgIpc) is 2.64. The Morgan fingerprint density at radius 1 is 1.00 bits per heavy atom. The Hall–Kier alpha value is -1.53. The molecule has 0 unspecified atom stereocenters. The number of rotatable bonds is 13. The molecule has 0 aliphatic rings. The molecule has 0 bridgehead atoms. The molecule has 3 heteroatoms. The SMILES string of the molecule is CCCCCCCC/C(=C\C(=O)c1ccc(C#N)cc1)SCCCC. The largest absolute Gasteiger partial charge is 0.289 e. The lowest BCUT2D eigenvalue weighted by atomic mass is 10.1. The van der Waals surface area contributed by atoms with Gasteiger partial charge >= 0.3 is 0 Å². The van der Waals surface area contributed by atoms with Crippen LogP contribution in [0.15, 0.2) is 35.2 Å². The van der Waals surface area contributed by atoms with Crippen molar-refractivity contribution in [3.05, 3.63) is 46.4 Å². The molecule has 0 atom stereocenters. The number of unbranched alkanes of at least 4 members (excludes halogenated alkanes) is 6. The van der Waals surface area contributed by atoms with Gasteiger partial charge < -0.3 is 0 Å². The molecule has 0 heterocycles. The smallest absolute Gasteiger partial charge is 0.186 e. The number of thioether (sulfide) groups is 1. The summed E-state index contributed by atoms with van der Waals surface area (Å²) in [5, 5.41) is 8.86. The molecule has 0 saturated heterocycles. The van der Waals surface area contributed by atoms with Crippen molar-refractivity contribution >= 4 is 17.5 Å². The summed E-state index contributed by atoms with van der Waals surface area (Å²) in [6, 6.07) is 8.99. The molecule has 136 valence electrons. The number of nitrogens with zero attached hydrogens (tertiary/aromatic N) is 1. The number of ketones is 1. The zero-order valence-electron chi connectivity index (χ0n) is 15.7. The van der Waals surface area contributed by atoms with Crippen LogP contribution in [0, 0.1) is 11.3 Å². The Balaban J connectivity index is 2.60. The van der Waals surface area contributed by atoms with Crippen LogP contribution in [0.25, 0.3) is 0 Å². The average molecular weight is 358 g/mol. The summed E-state index contributed by atoms with van der Waals surface area (Å²) < 4.78 is 0. The van der Waals surface area contributed by atoms with E-state index in [-0.39, 0.29) is 5.78 Å². The second-order valence-electron chi connectivity index (χ2n) is 6.38. The molecule has 0 amide bonds. The van der Waals surface area contributed by atoms with Crippen molar-refractivity contribution in [1.29, 1.82) is 5.26 Å². The summed E-state index contributed by atoms with van der Waals surface area (Å²) in [7, 11) is 0. The maximum atomic E-state index is 12.5. The zero-order valence-corrected chi connectivity index (χ0v) is 16.5. The van der Waals surface area contributed by atoms with Gasteiger partial charge in [0, 0.05) is 5.56 Å². The predicted molar refractivity (Wildman–Crippen MR) is 109 cm³/mol. The summed E-state index contributed by atoms with van der Waals surface area (Å²) in [6.45, 7) is 4.43. The minimum Gasteiger partial charge on any atom is -0.289 e. The molecule has 0 N–H and O–H groups in total. The molecule has 0 aliphatic heterocycles.